The average Bonchev–Trinajstić information content (AvgIpc) is 2.60. The zero-order chi connectivity index (χ0) is 17.2. The first-order valence-corrected chi connectivity index (χ1v) is 8.46. The zero-order valence-electron chi connectivity index (χ0n) is 13.4. The van der Waals surface area contributed by atoms with Gasteiger partial charge in [-0.15, -0.1) is 0 Å². The normalized spacial score (nSPS) is 10.2. The van der Waals surface area contributed by atoms with Crippen LogP contribution in [-0.2, 0) is 14.1 Å². The molecule has 0 saturated heterocycles. The molecule has 2 aromatic rings. The zero-order valence-corrected chi connectivity index (χ0v) is 14.3. The molecular formula is C18H19O5P. The van der Waals surface area contributed by atoms with E-state index in [0.29, 0.717) is 17.1 Å². The van der Waals surface area contributed by atoms with Crippen molar-refractivity contribution in [1.82, 2.24) is 0 Å². The first-order chi connectivity index (χ1) is 11.6. The summed E-state index contributed by atoms with van der Waals surface area (Å²) in [7, 11) is -1.67. The fourth-order valence-corrected chi connectivity index (χ4v) is 2.53. The van der Waals surface area contributed by atoms with E-state index in [2.05, 4.69) is 6.58 Å². The highest BCUT2D eigenvalue weighted by Crippen LogP contribution is 2.41. The molecule has 0 aliphatic carbocycles. The van der Waals surface area contributed by atoms with Crippen molar-refractivity contribution in [2.24, 2.45) is 0 Å². The van der Waals surface area contributed by atoms with Crippen molar-refractivity contribution in [3.05, 3.63) is 72.8 Å². The molecule has 5 nitrogen and oxygen atoms in total. The molecule has 0 amide bonds. The van der Waals surface area contributed by atoms with E-state index in [1.54, 1.807) is 6.92 Å². The molecule has 0 bridgehead atoms. The molecule has 0 saturated carbocycles. The summed E-state index contributed by atoms with van der Waals surface area (Å²) in [5, 5.41) is 0. The first kappa shape index (κ1) is 18.0. The summed E-state index contributed by atoms with van der Waals surface area (Å²) >= 11 is 0. The van der Waals surface area contributed by atoms with Crippen LogP contribution >= 0.6 is 8.60 Å². The van der Waals surface area contributed by atoms with Gasteiger partial charge in [0.1, 0.15) is 18.1 Å². The van der Waals surface area contributed by atoms with Crippen molar-refractivity contribution in [2.75, 3.05) is 13.2 Å². The van der Waals surface area contributed by atoms with Crippen molar-refractivity contribution in [3.8, 4) is 11.5 Å². The van der Waals surface area contributed by atoms with Crippen LogP contribution < -0.4 is 9.05 Å². The predicted octanol–water partition coefficient (Wildman–Crippen LogP) is 4.51. The third-order valence-corrected chi connectivity index (χ3v) is 3.82. The van der Waals surface area contributed by atoms with Gasteiger partial charge in [-0.2, -0.15) is 0 Å². The summed E-state index contributed by atoms with van der Waals surface area (Å²) in [5.41, 5.74) is 0.346. The lowest BCUT2D eigenvalue weighted by Crippen LogP contribution is -2.11. The molecule has 0 aliphatic heterocycles. The molecule has 2 aromatic carbocycles. The van der Waals surface area contributed by atoms with E-state index in [4.69, 9.17) is 18.3 Å². The van der Waals surface area contributed by atoms with Crippen molar-refractivity contribution >= 4 is 14.6 Å². The second-order valence-electron chi connectivity index (χ2n) is 4.78. The number of carbonyl (C=O) groups is 1. The highest BCUT2D eigenvalue weighted by atomic mass is 31.2. The summed E-state index contributed by atoms with van der Waals surface area (Å²) in [6.45, 7) is 5.37. The second kappa shape index (κ2) is 9.71. The van der Waals surface area contributed by atoms with Gasteiger partial charge < -0.3 is 13.8 Å². The highest BCUT2D eigenvalue weighted by Gasteiger charge is 2.17. The van der Waals surface area contributed by atoms with Crippen molar-refractivity contribution in [1.29, 1.82) is 0 Å². The van der Waals surface area contributed by atoms with E-state index in [0.717, 1.165) is 0 Å². The molecule has 0 aromatic heterocycles. The molecule has 126 valence electrons. The molecule has 0 atom stereocenters. The minimum absolute atomic E-state index is 0.0980. The Balaban J connectivity index is 1.90. The fourth-order valence-electron chi connectivity index (χ4n) is 1.58. The molecular weight excluding hydrogens is 327 g/mol. The minimum Gasteiger partial charge on any atom is -0.460 e. The SMILES string of the molecule is C=C(C)C(=O)OCCOP(Oc1ccccc1)Oc1ccccc1. The van der Waals surface area contributed by atoms with Crippen LogP contribution in [0.25, 0.3) is 0 Å². The maximum Gasteiger partial charge on any atom is 0.463 e. The van der Waals surface area contributed by atoms with E-state index in [1.165, 1.54) is 0 Å². The van der Waals surface area contributed by atoms with Gasteiger partial charge in [0.2, 0.25) is 0 Å². The molecule has 2 rings (SSSR count). The Kier molecular flexibility index (Phi) is 7.27. The number of carbonyl (C=O) groups excluding carboxylic acids is 1. The molecule has 0 spiro atoms. The van der Waals surface area contributed by atoms with E-state index in [-0.39, 0.29) is 13.2 Å². The molecule has 0 N–H and O–H groups in total. The Labute approximate surface area is 142 Å². The van der Waals surface area contributed by atoms with Crippen LogP contribution in [0.5, 0.6) is 11.5 Å². The monoisotopic (exact) mass is 346 g/mol. The molecule has 0 unspecified atom stereocenters. The van der Waals surface area contributed by atoms with Crippen molar-refractivity contribution in [3.63, 3.8) is 0 Å². The number of rotatable bonds is 9. The fraction of sp³-hybridized carbons (Fsp3) is 0.167. The van der Waals surface area contributed by atoms with Gasteiger partial charge in [0.05, 0.1) is 6.61 Å². The summed E-state index contributed by atoms with van der Waals surface area (Å²) in [5.74, 6) is 0.827. The van der Waals surface area contributed by atoms with Gasteiger partial charge in [-0.05, 0) is 31.2 Å². The van der Waals surface area contributed by atoms with Gasteiger partial charge in [-0.3, -0.25) is 4.52 Å². The van der Waals surface area contributed by atoms with Crippen LogP contribution in [0.1, 0.15) is 6.92 Å². The van der Waals surface area contributed by atoms with Gasteiger partial charge in [-0.1, -0.05) is 43.0 Å². The molecule has 24 heavy (non-hydrogen) atoms. The van der Waals surface area contributed by atoms with Gasteiger partial charge in [0, 0.05) is 5.57 Å². The van der Waals surface area contributed by atoms with Crippen LogP contribution in [0.4, 0.5) is 0 Å². The molecule has 0 heterocycles. The predicted molar refractivity (Wildman–Crippen MR) is 92.8 cm³/mol. The lowest BCUT2D eigenvalue weighted by molar-refractivity contribution is -0.139. The molecule has 0 radical (unpaired) electrons. The third-order valence-electron chi connectivity index (χ3n) is 2.71. The number of para-hydroxylation sites is 2. The number of hydrogen-bond acceptors (Lipinski definition) is 5. The standard InChI is InChI=1S/C18H19O5P/c1-15(2)18(19)20-13-14-21-24(22-16-9-5-3-6-10-16)23-17-11-7-4-8-12-17/h3-12H,1,13-14H2,2H3. The number of ether oxygens (including phenoxy) is 1. The smallest absolute Gasteiger partial charge is 0.460 e. The lowest BCUT2D eigenvalue weighted by atomic mass is 10.3. The average molecular weight is 346 g/mol. The van der Waals surface area contributed by atoms with Gasteiger partial charge in [-0.25, -0.2) is 4.79 Å². The molecule has 0 fully saturated rings. The first-order valence-electron chi connectivity index (χ1n) is 7.37. The van der Waals surface area contributed by atoms with Crippen molar-refractivity contribution in [2.45, 2.75) is 6.92 Å². The van der Waals surface area contributed by atoms with Gasteiger partial charge in [0.25, 0.3) is 0 Å². The van der Waals surface area contributed by atoms with E-state index < -0.39 is 14.6 Å². The molecule has 0 aliphatic rings. The maximum atomic E-state index is 11.3. The van der Waals surface area contributed by atoms with E-state index in [1.807, 2.05) is 60.7 Å². The minimum atomic E-state index is -1.67. The number of hydrogen-bond donors (Lipinski definition) is 0. The summed E-state index contributed by atoms with van der Waals surface area (Å²) in [6, 6.07) is 18.5. The Morgan fingerprint density at radius 2 is 1.42 bits per heavy atom. The summed E-state index contributed by atoms with van der Waals surface area (Å²) < 4.78 is 22.1. The topological polar surface area (TPSA) is 54.0 Å². The van der Waals surface area contributed by atoms with E-state index in [9.17, 15) is 4.79 Å². The Bertz CT molecular complexity index is 603. The summed E-state index contributed by atoms with van der Waals surface area (Å²) in [4.78, 5) is 11.3. The molecule has 6 heteroatoms. The number of benzene rings is 2. The highest BCUT2D eigenvalue weighted by molar-refractivity contribution is 7.42. The van der Waals surface area contributed by atoms with Crippen LogP contribution in [-0.4, -0.2) is 19.2 Å². The van der Waals surface area contributed by atoms with Crippen LogP contribution in [0, 0.1) is 0 Å². The van der Waals surface area contributed by atoms with Gasteiger partial charge >= 0.3 is 14.6 Å². The van der Waals surface area contributed by atoms with Crippen LogP contribution in [0.15, 0.2) is 72.8 Å². The van der Waals surface area contributed by atoms with E-state index >= 15 is 0 Å². The van der Waals surface area contributed by atoms with Crippen LogP contribution in [0.2, 0.25) is 0 Å². The Morgan fingerprint density at radius 3 is 1.88 bits per heavy atom. The van der Waals surface area contributed by atoms with Crippen LogP contribution in [0.3, 0.4) is 0 Å². The van der Waals surface area contributed by atoms with Crippen molar-refractivity contribution < 1.29 is 23.1 Å². The lowest BCUT2D eigenvalue weighted by Gasteiger charge is -2.17. The van der Waals surface area contributed by atoms with Gasteiger partial charge in [0.15, 0.2) is 0 Å². The summed E-state index contributed by atoms with van der Waals surface area (Å²) in [6.07, 6.45) is 0. The largest absolute Gasteiger partial charge is 0.463 e. The Hall–Kier alpha value is -2.36. The number of esters is 1. The Morgan fingerprint density at radius 1 is 0.917 bits per heavy atom. The maximum absolute atomic E-state index is 11.3. The third kappa shape index (κ3) is 6.41. The quantitative estimate of drug-likeness (QED) is 0.289. The second-order valence-corrected chi connectivity index (χ2v) is 5.85.